The molecule has 1 aromatic carbocycles. The van der Waals surface area contributed by atoms with E-state index in [1.807, 2.05) is 17.9 Å². The summed E-state index contributed by atoms with van der Waals surface area (Å²) in [5, 5.41) is 20.9. The van der Waals surface area contributed by atoms with E-state index >= 15 is 4.39 Å². The van der Waals surface area contributed by atoms with Gasteiger partial charge in [-0.05, 0) is 118 Å². The van der Waals surface area contributed by atoms with Gasteiger partial charge in [0.15, 0.2) is 0 Å². The number of phenolic OH excluding ortho intramolecular Hbond substituents is 1. The third kappa shape index (κ3) is 7.01. The zero-order valence-corrected chi connectivity index (χ0v) is 26.2. The lowest BCUT2D eigenvalue weighted by Crippen LogP contribution is -2.60. The van der Waals surface area contributed by atoms with E-state index in [1.54, 1.807) is 19.2 Å². The molecule has 0 radical (unpaired) electrons. The lowest BCUT2D eigenvalue weighted by molar-refractivity contribution is -0.396. The first-order valence-electron chi connectivity index (χ1n) is 16.3. The molecule has 0 saturated heterocycles. The fourth-order valence-corrected chi connectivity index (χ4v) is 8.58. The second kappa shape index (κ2) is 13.6. The molecular weight excluding hydrogens is 632 g/mol. The maximum atomic E-state index is 15.9. The molecule has 0 aromatic heterocycles. The lowest BCUT2D eigenvalue weighted by Gasteiger charge is -2.54. The molecule has 0 bridgehead atoms. The van der Waals surface area contributed by atoms with Crippen LogP contribution in [0.4, 0.5) is 43.9 Å². The first-order chi connectivity index (χ1) is 21.2. The Morgan fingerprint density at radius 2 is 1.50 bits per heavy atom. The number of benzene rings is 1. The summed E-state index contributed by atoms with van der Waals surface area (Å²) in [5.74, 6) is -18.5. The highest BCUT2D eigenvalue weighted by molar-refractivity contribution is 5.41. The van der Waals surface area contributed by atoms with Crippen LogP contribution in [0.2, 0.25) is 0 Å². The van der Waals surface area contributed by atoms with Crippen LogP contribution in [0.3, 0.4) is 0 Å². The zero-order valence-electron chi connectivity index (χ0n) is 26.2. The van der Waals surface area contributed by atoms with Crippen molar-refractivity contribution in [3.63, 3.8) is 0 Å². The Kier molecular flexibility index (Phi) is 11.0. The van der Waals surface area contributed by atoms with Crippen molar-refractivity contribution in [3.8, 4) is 5.75 Å². The third-order valence-corrected chi connectivity index (χ3v) is 11.1. The molecular formula is C33H45F10NO2. The second-order valence-corrected chi connectivity index (χ2v) is 14.2. The third-order valence-electron chi connectivity index (χ3n) is 11.1. The number of aliphatic hydroxyl groups is 1. The van der Waals surface area contributed by atoms with Crippen molar-refractivity contribution in [1.29, 1.82) is 0 Å². The molecule has 3 aliphatic rings. The quantitative estimate of drug-likeness (QED) is 0.152. The predicted molar refractivity (Wildman–Crippen MR) is 153 cm³/mol. The van der Waals surface area contributed by atoms with Crippen LogP contribution in [-0.4, -0.2) is 71.5 Å². The van der Waals surface area contributed by atoms with Crippen molar-refractivity contribution < 1.29 is 54.1 Å². The standard InChI is InChI=1S/C33H45F10NO2/c1-29-19-25(34)28-23-11-10-22(45)18-21(23)17-20(27(28)24(29)12-13-26(29)46)9-5-3-7-15-44(2)16-8-4-6-14-30(35,36)31(37,38)32(39,40)33(41,42)43/h10-11,18,20,24-28,45-46H,3-9,12-17,19H2,1-2H3/t20-,24+,25+,26+,27+,28+,29+/m1/s1. The number of alkyl halides is 10. The molecule has 3 nitrogen and oxygen atoms in total. The summed E-state index contributed by atoms with van der Waals surface area (Å²) in [4.78, 5) is 1.92. The summed E-state index contributed by atoms with van der Waals surface area (Å²) in [7, 11) is 1.79. The van der Waals surface area contributed by atoms with Gasteiger partial charge in [-0.1, -0.05) is 32.3 Å². The minimum atomic E-state index is -6.85. The van der Waals surface area contributed by atoms with E-state index in [-0.39, 0.29) is 42.3 Å². The number of unbranched alkanes of at least 4 members (excludes halogenated alkanes) is 4. The number of rotatable bonds is 14. The topological polar surface area (TPSA) is 43.7 Å². The summed E-state index contributed by atoms with van der Waals surface area (Å²) in [6.45, 7) is 3.08. The summed E-state index contributed by atoms with van der Waals surface area (Å²) in [5.41, 5.74) is 1.49. The monoisotopic (exact) mass is 677 g/mol. The van der Waals surface area contributed by atoms with E-state index in [9.17, 15) is 49.7 Å². The van der Waals surface area contributed by atoms with Crippen LogP contribution in [0.15, 0.2) is 18.2 Å². The maximum Gasteiger partial charge on any atom is 0.460 e. The Bertz CT molecular complexity index is 1180. The van der Waals surface area contributed by atoms with Gasteiger partial charge in [-0.2, -0.15) is 39.5 Å². The van der Waals surface area contributed by atoms with Crippen LogP contribution in [0.25, 0.3) is 0 Å². The number of fused-ring (bicyclic) bond motifs is 5. The van der Waals surface area contributed by atoms with Crippen molar-refractivity contribution in [2.45, 2.75) is 126 Å². The smallest absolute Gasteiger partial charge is 0.460 e. The highest BCUT2D eigenvalue weighted by atomic mass is 19.4. The van der Waals surface area contributed by atoms with E-state index in [1.165, 1.54) is 0 Å². The van der Waals surface area contributed by atoms with E-state index in [0.29, 0.717) is 25.9 Å². The van der Waals surface area contributed by atoms with Gasteiger partial charge in [0.2, 0.25) is 0 Å². The van der Waals surface area contributed by atoms with E-state index in [2.05, 4.69) is 0 Å². The van der Waals surface area contributed by atoms with Crippen molar-refractivity contribution in [2.75, 3.05) is 20.1 Å². The molecule has 0 heterocycles. The highest BCUT2D eigenvalue weighted by Gasteiger charge is 2.81. The van der Waals surface area contributed by atoms with Gasteiger partial charge >= 0.3 is 23.9 Å². The second-order valence-electron chi connectivity index (χ2n) is 14.2. The van der Waals surface area contributed by atoms with Crippen molar-refractivity contribution in [3.05, 3.63) is 29.3 Å². The number of aromatic hydroxyl groups is 1. The van der Waals surface area contributed by atoms with Crippen LogP contribution >= 0.6 is 0 Å². The molecule has 13 heteroatoms. The van der Waals surface area contributed by atoms with Gasteiger partial charge in [0.25, 0.3) is 0 Å². The molecule has 0 amide bonds. The molecule has 46 heavy (non-hydrogen) atoms. The van der Waals surface area contributed by atoms with Crippen LogP contribution in [-0.2, 0) is 6.42 Å². The molecule has 0 unspecified atom stereocenters. The van der Waals surface area contributed by atoms with Gasteiger partial charge in [0.1, 0.15) is 11.9 Å². The van der Waals surface area contributed by atoms with Gasteiger partial charge in [-0.3, -0.25) is 0 Å². The summed E-state index contributed by atoms with van der Waals surface area (Å²) >= 11 is 0. The van der Waals surface area contributed by atoms with Crippen molar-refractivity contribution >= 4 is 0 Å². The fraction of sp³-hybridized carbons (Fsp3) is 0.818. The van der Waals surface area contributed by atoms with Crippen LogP contribution in [0.5, 0.6) is 5.75 Å². The predicted octanol–water partition coefficient (Wildman–Crippen LogP) is 9.30. The molecule has 0 spiro atoms. The SMILES string of the molecule is CN(CCCCC[C@@H]1Cc2cc(O)ccc2[C@@H]2[C@@H]1[C@@H]1CC[C@H](O)[C@@]1(C)C[C@@H]2F)CCCCCC(F)(F)C(F)(F)C(F)(F)C(F)(F)F. The van der Waals surface area contributed by atoms with Crippen LogP contribution in [0, 0.1) is 23.2 Å². The zero-order chi connectivity index (χ0) is 34.3. The van der Waals surface area contributed by atoms with Crippen LogP contribution in [0.1, 0.15) is 94.6 Å². The van der Waals surface area contributed by atoms with E-state index < -0.39 is 54.5 Å². The minimum Gasteiger partial charge on any atom is -0.508 e. The Morgan fingerprint density at radius 1 is 0.870 bits per heavy atom. The van der Waals surface area contributed by atoms with Gasteiger partial charge < -0.3 is 15.1 Å². The Hall–Kier alpha value is -1.76. The normalized spacial score (nSPS) is 30.3. The molecule has 1 aromatic rings. The number of hydrogen-bond acceptors (Lipinski definition) is 3. The molecule has 3 aliphatic carbocycles. The fourth-order valence-electron chi connectivity index (χ4n) is 8.58. The average Bonchev–Trinajstić information content (AvgIpc) is 3.24. The van der Waals surface area contributed by atoms with Crippen molar-refractivity contribution in [1.82, 2.24) is 4.90 Å². The highest BCUT2D eigenvalue weighted by Crippen LogP contribution is 2.63. The van der Waals surface area contributed by atoms with Gasteiger partial charge in [-0.15, -0.1) is 0 Å². The lowest BCUT2D eigenvalue weighted by atomic mass is 9.51. The Balaban J connectivity index is 1.22. The number of phenols is 1. The van der Waals surface area contributed by atoms with Gasteiger partial charge in [-0.25, -0.2) is 4.39 Å². The molecule has 2 N–H and O–H groups in total. The molecule has 2 saturated carbocycles. The number of nitrogens with zero attached hydrogens (tertiary/aromatic N) is 1. The molecule has 7 atom stereocenters. The minimum absolute atomic E-state index is 0.0424. The first-order valence-corrected chi connectivity index (χ1v) is 16.3. The average molecular weight is 678 g/mol. The Labute approximate surface area is 263 Å². The maximum absolute atomic E-state index is 15.9. The number of halogens is 10. The van der Waals surface area contributed by atoms with Crippen molar-refractivity contribution in [2.24, 2.45) is 23.2 Å². The molecule has 2 fully saturated rings. The van der Waals surface area contributed by atoms with Crippen LogP contribution < -0.4 is 0 Å². The number of aliphatic hydroxyl groups excluding tert-OH is 1. The first kappa shape index (κ1) is 37.1. The number of hydrogen-bond donors (Lipinski definition) is 2. The molecule has 264 valence electrons. The summed E-state index contributed by atoms with van der Waals surface area (Å²) < 4.78 is 133. The van der Waals surface area contributed by atoms with E-state index in [0.717, 1.165) is 49.7 Å². The van der Waals surface area contributed by atoms with Gasteiger partial charge in [0, 0.05) is 12.3 Å². The van der Waals surface area contributed by atoms with E-state index in [4.69, 9.17) is 0 Å². The van der Waals surface area contributed by atoms with Gasteiger partial charge in [0.05, 0.1) is 6.10 Å². The summed E-state index contributed by atoms with van der Waals surface area (Å²) in [6, 6.07) is 5.20. The largest absolute Gasteiger partial charge is 0.508 e. The Morgan fingerprint density at radius 3 is 2.13 bits per heavy atom. The molecule has 4 rings (SSSR count). The summed E-state index contributed by atoms with van der Waals surface area (Å²) in [6.07, 6.45) is -4.59. The molecule has 0 aliphatic heterocycles.